The third kappa shape index (κ3) is 6.91. The van der Waals surface area contributed by atoms with Gasteiger partial charge in [0.2, 0.25) is 0 Å². The van der Waals surface area contributed by atoms with Gasteiger partial charge in [0, 0.05) is 6.20 Å². The van der Waals surface area contributed by atoms with E-state index in [1.165, 1.54) is 35.9 Å². The third-order valence-corrected chi connectivity index (χ3v) is 7.40. The predicted molar refractivity (Wildman–Crippen MR) is 137 cm³/mol. The van der Waals surface area contributed by atoms with Crippen LogP contribution in [0.2, 0.25) is 0 Å². The number of esters is 1. The van der Waals surface area contributed by atoms with E-state index in [4.69, 9.17) is 49.4 Å². The summed E-state index contributed by atoms with van der Waals surface area (Å²) in [5.41, 5.74) is -2.08. The largest absolute Gasteiger partial charge is 0.462 e. The molecule has 1 aliphatic rings. The van der Waals surface area contributed by atoms with Crippen molar-refractivity contribution in [1.82, 2.24) is 14.6 Å². The number of H-pyrrole nitrogens is 1. The van der Waals surface area contributed by atoms with Gasteiger partial charge in [-0.15, -0.1) is 6.42 Å². The number of aliphatic hydroxyl groups is 1. The number of hydrogen-bond donors (Lipinski definition) is 3. The van der Waals surface area contributed by atoms with Crippen LogP contribution in [0.5, 0.6) is 5.75 Å². The Morgan fingerprint density at radius 1 is 1.35 bits per heavy atom. The van der Waals surface area contributed by atoms with Crippen molar-refractivity contribution >= 4 is 38.2 Å². The fourth-order valence-electron chi connectivity index (χ4n) is 3.40. The quantitative estimate of drug-likeness (QED) is 0.167. The molecule has 200 valence electrons. The molecule has 0 amide bonds. The summed E-state index contributed by atoms with van der Waals surface area (Å²) in [5, 5.41) is 13.2. The summed E-state index contributed by atoms with van der Waals surface area (Å²) in [6, 6.07) is 8.35. The van der Waals surface area contributed by atoms with Crippen molar-refractivity contribution in [2.24, 2.45) is 0 Å². The second-order valence-corrected chi connectivity index (χ2v) is 11.0. The number of alkyl halides is 1. The van der Waals surface area contributed by atoms with Crippen LogP contribution in [-0.2, 0) is 23.4 Å². The first-order valence-corrected chi connectivity index (χ1v) is 13.5. The Balaban J connectivity index is 1.87. The van der Waals surface area contributed by atoms with Gasteiger partial charge in [-0.2, -0.15) is 5.09 Å². The summed E-state index contributed by atoms with van der Waals surface area (Å²) in [6.07, 6.45) is 1.27. The van der Waals surface area contributed by atoms with Crippen LogP contribution in [0.25, 0.3) is 0 Å². The van der Waals surface area contributed by atoms with Crippen LogP contribution >= 0.6 is 32.2 Å². The highest BCUT2D eigenvalue weighted by atomic mass is 32.1. The van der Waals surface area contributed by atoms with Crippen molar-refractivity contribution in [3.63, 3.8) is 0 Å². The van der Waals surface area contributed by atoms with Gasteiger partial charge in [0.05, 0.1) is 6.10 Å². The molecule has 6 atom stereocenters. The van der Waals surface area contributed by atoms with E-state index in [1.54, 1.807) is 32.0 Å². The van der Waals surface area contributed by atoms with Crippen LogP contribution in [0.15, 0.2) is 42.6 Å². The molecule has 0 radical (unpaired) electrons. The summed E-state index contributed by atoms with van der Waals surface area (Å²) < 4.78 is 52.5. The molecule has 1 aliphatic heterocycles. The van der Waals surface area contributed by atoms with Gasteiger partial charge in [-0.25, -0.2) is 8.96 Å². The number of nitrogens with zero attached hydrogens (tertiary/aromatic N) is 1. The first-order chi connectivity index (χ1) is 17.4. The lowest BCUT2D eigenvalue weighted by atomic mass is 9.98. The maximum Gasteiger partial charge on any atom is 0.459 e. The van der Waals surface area contributed by atoms with Crippen molar-refractivity contribution in [3.05, 3.63) is 52.0 Å². The fraction of sp³-hybridized carbons (Fsp3) is 0.435. The zero-order valence-corrected chi connectivity index (χ0v) is 22.7. The number of aliphatic hydroxyl groups excluding tert-OH is 1. The van der Waals surface area contributed by atoms with Crippen molar-refractivity contribution in [3.8, 4) is 18.1 Å². The van der Waals surface area contributed by atoms with E-state index in [1.807, 2.05) is 0 Å². The molecule has 2 aromatic rings. The Morgan fingerprint density at radius 2 is 2.03 bits per heavy atom. The Hall–Kier alpha value is -2.43. The minimum Gasteiger partial charge on any atom is -0.462 e. The molecule has 0 aliphatic carbocycles. The molecular weight excluding hydrogens is 544 g/mol. The van der Waals surface area contributed by atoms with E-state index in [9.17, 15) is 14.5 Å². The molecule has 2 heterocycles. The molecular formula is C23H27FN3O7PS2. The van der Waals surface area contributed by atoms with Crippen LogP contribution in [0.3, 0.4) is 0 Å². The molecule has 10 nitrogen and oxygen atoms in total. The van der Waals surface area contributed by atoms with Gasteiger partial charge in [-0.3, -0.25) is 13.9 Å². The van der Waals surface area contributed by atoms with Gasteiger partial charge >= 0.3 is 13.7 Å². The lowest BCUT2D eigenvalue weighted by molar-refractivity contribution is -0.149. The highest BCUT2D eigenvalue weighted by Gasteiger charge is 2.56. The van der Waals surface area contributed by atoms with E-state index >= 15 is 4.39 Å². The zero-order chi connectivity index (χ0) is 27.4. The van der Waals surface area contributed by atoms with E-state index in [2.05, 4.69) is 16.0 Å². The summed E-state index contributed by atoms with van der Waals surface area (Å²) in [4.78, 5) is 15.0. The Kier molecular flexibility index (Phi) is 9.42. The smallest absolute Gasteiger partial charge is 0.459 e. The van der Waals surface area contributed by atoms with Crippen LogP contribution in [0.4, 0.5) is 4.39 Å². The Bertz CT molecular complexity index is 1320. The van der Waals surface area contributed by atoms with E-state index in [-0.39, 0.29) is 10.5 Å². The second kappa shape index (κ2) is 12.0. The third-order valence-electron chi connectivity index (χ3n) is 5.23. The average molecular weight is 572 g/mol. The number of nitrogens with one attached hydrogen (secondary N) is 2. The molecule has 14 heteroatoms. The molecule has 1 unspecified atom stereocenters. The molecule has 3 N–H and O–H groups in total. The number of ether oxygens (including phenoxy) is 2. The molecule has 1 fully saturated rings. The van der Waals surface area contributed by atoms with E-state index in [0.29, 0.717) is 4.64 Å². The van der Waals surface area contributed by atoms with Crippen molar-refractivity contribution in [1.29, 1.82) is 0 Å². The second-order valence-electron chi connectivity index (χ2n) is 8.46. The summed E-state index contributed by atoms with van der Waals surface area (Å²) in [6.45, 7) is 3.96. The highest BCUT2D eigenvalue weighted by molar-refractivity contribution is 7.72. The van der Waals surface area contributed by atoms with Crippen molar-refractivity contribution < 1.29 is 37.4 Å². The first-order valence-electron chi connectivity index (χ1n) is 11.2. The average Bonchev–Trinajstić information content (AvgIpc) is 3.08. The number of carbonyl (C=O) groups excluding carboxylic acids is 1. The molecule has 0 bridgehead atoms. The molecule has 1 aromatic carbocycles. The number of rotatable bonds is 10. The lowest BCUT2D eigenvalue weighted by Crippen LogP contribution is -2.45. The number of terminal acetylenes is 1. The SMILES string of the molecule is C#C[C@]1(COP(=O)(N[C@@H](C)C(=O)OC(C)C)Oc2ccccc2)O[C@@H](n2ccc(=S)[nH]c2=S)[C@@H](F)[C@H]1O. The zero-order valence-electron chi connectivity index (χ0n) is 20.2. The van der Waals surface area contributed by atoms with E-state index in [0.717, 1.165) is 0 Å². The molecule has 0 spiro atoms. The first kappa shape index (κ1) is 29.1. The van der Waals surface area contributed by atoms with Gasteiger partial charge in [0.1, 0.15) is 29.1 Å². The van der Waals surface area contributed by atoms with Crippen LogP contribution < -0.4 is 9.61 Å². The summed E-state index contributed by atoms with van der Waals surface area (Å²) in [5.74, 6) is 1.66. The minimum absolute atomic E-state index is 0.0401. The molecule has 3 rings (SSSR count). The van der Waals surface area contributed by atoms with Crippen LogP contribution in [-0.4, -0.2) is 57.3 Å². The summed E-state index contributed by atoms with van der Waals surface area (Å²) >= 11 is 10.2. The van der Waals surface area contributed by atoms with Crippen molar-refractivity contribution in [2.45, 2.75) is 57.0 Å². The summed E-state index contributed by atoms with van der Waals surface area (Å²) in [7, 11) is -4.36. The van der Waals surface area contributed by atoms with Gasteiger partial charge in [0.25, 0.3) is 0 Å². The number of benzene rings is 1. The number of aromatic amines is 1. The number of carbonyl (C=O) groups is 1. The minimum atomic E-state index is -4.36. The van der Waals surface area contributed by atoms with Crippen LogP contribution in [0.1, 0.15) is 27.0 Å². The molecule has 1 aromatic heterocycles. The number of halogens is 1. The van der Waals surface area contributed by atoms with E-state index < -0.39 is 56.6 Å². The van der Waals surface area contributed by atoms with Gasteiger partial charge in [-0.1, -0.05) is 36.3 Å². The molecule has 1 saturated heterocycles. The normalized spacial score (nSPS) is 25.7. The van der Waals surface area contributed by atoms with Gasteiger partial charge < -0.3 is 24.1 Å². The maximum atomic E-state index is 15.2. The van der Waals surface area contributed by atoms with Gasteiger partial charge in [0.15, 0.2) is 22.8 Å². The van der Waals surface area contributed by atoms with Gasteiger partial charge in [-0.05, 0) is 51.2 Å². The highest BCUT2D eigenvalue weighted by Crippen LogP contribution is 2.48. The topological polar surface area (TPSA) is 124 Å². The predicted octanol–water partition coefficient (Wildman–Crippen LogP) is 4.01. The molecule has 37 heavy (non-hydrogen) atoms. The Labute approximate surface area is 223 Å². The monoisotopic (exact) mass is 571 g/mol. The number of aromatic nitrogens is 2. The lowest BCUT2D eigenvalue weighted by Gasteiger charge is -2.29. The number of para-hydroxylation sites is 1. The van der Waals surface area contributed by atoms with Crippen LogP contribution in [0, 0.1) is 21.8 Å². The fourth-order valence-corrected chi connectivity index (χ4v) is 5.41. The number of hydrogen-bond acceptors (Lipinski definition) is 9. The van der Waals surface area contributed by atoms with Crippen molar-refractivity contribution in [2.75, 3.05) is 6.61 Å². The molecule has 0 saturated carbocycles. The standard InChI is InChI=1S/C23H27FN3O7PS2/c1-5-23(19(28)18(24)20(33-23)27-12-11-17(36)25-22(27)37)13-31-35(30,34-16-9-7-6-8-10-16)26-15(4)21(29)32-14(2)3/h1,6-12,14-15,18-20,28H,13H2,2-4H3,(H,26,30)(H,25,36,37)/t15-,18-,19+,20+,23+,35?/m0/s1. The Morgan fingerprint density at radius 3 is 2.62 bits per heavy atom. The maximum absolute atomic E-state index is 15.2.